The Morgan fingerprint density at radius 2 is 2.00 bits per heavy atom. The Morgan fingerprint density at radius 1 is 1.11 bits per heavy atom. The number of carbonyl (C=O) groups excluding carboxylic acids is 1. The maximum Gasteiger partial charge on any atom is 0.246 e. The van der Waals surface area contributed by atoms with Crippen LogP contribution in [0.4, 0.5) is 17.2 Å². The molecule has 2 atom stereocenters. The summed E-state index contributed by atoms with van der Waals surface area (Å²) >= 11 is 0. The Bertz CT molecular complexity index is 1920. The predicted octanol–water partition coefficient (Wildman–Crippen LogP) is 4.43. The van der Waals surface area contributed by atoms with Gasteiger partial charge in [0.15, 0.2) is 11.4 Å². The summed E-state index contributed by atoms with van der Waals surface area (Å²) in [5.74, 6) is 2.80. The zero-order valence-electron chi connectivity index (χ0n) is 25.7. The van der Waals surface area contributed by atoms with Crippen LogP contribution in [0.15, 0.2) is 73.5 Å². The standard InChI is InChI=1S/C33H35N9O3/c1-21-15-23(6-9-28(21)45-25-11-12-42-29(16-25)35-20-37-42)38-33-31-26(34-19-36-33)7-8-27-32(31)44-18-24-17-40(27)13-14-41(24)30(43)10-5-22(2)39(3)4/h5-12,15-16,19-20,22,24H,13-14,17-18H2,1-4H3,(H,34,36,38)/b10-5+/t22-,24-/m1/s1. The first-order valence-corrected chi connectivity index (χ1v) is 15.0. The zero-order chi connectivity index (χ0) is 31.1. The monoisotopic (exact) mass is 605 g/mol. The van der Waals surface area contributed by atoms with Crippen LogP contribution < -0.4 is 19.7 Å². The number of likely N-dealkylation sites (N-methyl/N-ethyl adjacent to an activating group) is 1. The minimum atomic E-state index is -0.0743. The van der Waals surface area contributed by atoms with E-state index in [2.05, 4.69) is 48.2 Å². The van der Waals surface area contributed by atoms with Gasteiger partial charge in [0, 0.05) is 49.7 Å². The Morgan fingerprint density at radius 3 is 2.84 bits per heavy atom. The van der Waals surface area contributed by atoms with Gasteiger partial charge in [0.05, 0.1) is 22.6 Å². The highest BCUT2D eigenvalue weighted by molar-refractivity contribution is 6.00. The van der Waals surface area contributed by atoms with Crippen LogP contribution in [-0.2, 0) is 4.79 Å². The number of ether oxygens (including phenoxy) is 2. The van der Waals surface area contributed by atoms with E-state index in [-0.39, 0.29) is 18.0 Å². The second-order valence-electron chi connectivity index (χ2n) is 11.7. The van der Waals surface area contributed by atoms with Gasteiger partial charge >= 0.3 is 0 Å². The van der Waals surface area contributed by atoms with E-state index >= 15 is 0 Å². The molecule has 1 amide bonds. The lowest BCUT2D eigenvalue weighted by Gasteiger charge is -2.39. The number of benzene rings is 2. The van der Waals surface area contributed by atoms with Gasteiger partial charge in [-0.3, -0.25) is 4.79 Å². The summed E-state index contributed by atoms with van der Waals surface area (Å²) in [7, 11) is 4.00. The summed E-state index contributed by atoms with van der Waals surface area (Å²) in [5, 5.41) is 8.43. The Kier molecular flexibility index (Phi) is 7.42. The fourth-order valence-electron chi connectivity index (χ4n) is 5.74. The van der Waals surface area contributed by atoms with Crippen molar-refractivity contribution < 1.29 is 14.3 Å². The van der Waals surface area contributed by atoms with Gasteiger partial charge < -0.3 is 29.5 Å². The first kappa shape index (κ1) is 28.5. The Balaban J connectivity index is 1.13. The highest BCUT2D eigenvalue weighted by atomic mass is 16.5. The second kappa shape index (κ2) is 11.7. The van der Waals surface area contributed by atoms with Crippen molar-refractivity contribution in [1.82, 2.24) is 34.4 Å². The van der Waals surface area contributed by atoms with E-state index in [0.29, 0.717) is 43.5 Å². The van der Waals surface area contributed by atoms with E-state index < -0.39 is 0 Å². The van der Waals surface area contributed by atoms with Crippen molar-refractivity contribution >= 4 is 39.6 Å². The molecule has 0 unspecified atom stereocenters. The van der Waals surface area contributed by atoms with Crippen molar-refractivity contribution in [1.29, 1.82) is 0 Å². The third kappa shape index (κ3) is 5.60. The average molecular weight is 606 g/mol. The number of fused-ring (bicyclic) bond motifs is 7. The van der Waals surface area contributed by atoms with E-state index in [4.69, 9.17) is 9.47 Å². The summed E-state index contributed by atoms with van der Waals surface area (Å²) in [4.78, 5) is 32.9. The summed E-state index contributed by atoms with van der Waals surface area (Å²) < 4.78 is 14.4. The number of hydrogen-bond acceptors (Lipinski definition) is 10. The Labute approximate surface area is 260 Å². The molecule has 12 nitrogen and oxygen atoms in total. The molecule has 1 fully saturated rings. The number of rotatable bonds is 7. The summed E-state index contributed by atoms with van der Waals surface area (Å²) in [5.41, 5.74) is 4.28. The molecular formula is C33H35N9O3. The predicted molar refractivity (Wildman–Crippen MR) is 173 cm³/mol. The van der Waals surface area contributed by atoms with Gasteiger partial charge in [-0.2, -0.15) is 5.10 Å². The van der Waals surface area contributed by atoms with Crippen LogP contribution in [-0.4, -0.2) is 92.7 Å². The molecule has 2 aliphatic rings. The average Bonchev–Trinajstić information content (AvgIpc) is 3.46. The molecule has 0 spiro atoms. The largest absolute Gasteiger partial charge is 0.488 e. The van der Waals surface area contributed by atoms with Crippen LogP contribution in [0, 0.1) is 6.92 Å². The quantitative estimate of drug-likeness (QED) is 0.267. The fraction of sp³-hybridized carbons (Fsp3) is 0.303. The molecule has 0 saturated carbocycles. The molecule has 7 rings (SSSR count). The Hall–Kier alpha value is -5.23. The lowest BCUT2D eigenvalue weighted by Crippen LogP contribution is -2.56. The van der Waals surface area contributed by atoms with E-state index in [1.807, 2.05) is 74.6 Å². The molecule has 230 valence electrons. The van der Waals surface area contributed by atoms with E-state index in [1.54, 1.807) is 16.9 Å². The van der Waals surface area contributed by atoms with E-state index in [9.17, 15) is 4.79 Å². The van der Waals surface area contributed by atoms with Gasteiger partial charge in [-0.1, -0.05) is 6.08 Å². The van der Waals surface area contributed by atoms with Crippen molar-refractivity contribution in [3.05, 3.63) is 79.0 Å². The third-order valence-corrected chi connectivity index (χ3v) is 8.51. The number of nitrogens with zero attached hydrogens (tertiary/aromatic N) is 8. The van der Waals surface area contributed by atoms with Gasteiger partial charge in [0.2, 0.25) is 5.91 Å². The third-order valence-electron chi connectivity index (χ3n) is 8.51. The van der Waals surface area contributed by atoms with Crippen molar-refractivity contribution in [2.45, 2.75) is 25.9 Å². The van der Waals surface area contributed by atoms with Crippen molar-refractivity contribution in [3.63, 3.8) is 0 Å². The van der Waals surface area contributed by atoms with Crippen LogP contribution in [0.1, 0.15) is 12.5 Å². The number of aryl methyl sites for hydroxylation is 1. The maximum atomic E-state index is 13.2. The van der Waals surface area contributed by atoms with E-state index in [0.717, 1.165) is 39.3 Å². The SMILES string of the molecule is Cc1cc(Nc2ncnc3ccc4c(c23)OC[C@H]2CN4CCN2C(=O)/C=C/[C@@H](C)N(C)C)ccc1Oc1ccn2ncnc2c1. The molecule has 2 bridgehead atoms. The normalized spacial score (nSPS) is 17.0. The number of carbonyl (C=O) groups is 1. The van der Waals surface area contributed by atoms with Gasteiger partial charge in [-0.05, 0) is 69.9 Å². The van der Waals surface area contributed by atoms with Crippen molar-refractivity contribution in [2.24, 2.45) is 0 Å². The van der Waals surface area contributed by atoms with Crippen LogP contribution in [0.25, 0.3) is 16.6 Å². The fourth-order valence-corrected chi connectivity index (χ4v) is 5.74. The highest BCUT2D eigenvalue weighted by Gasteiger charge is 2.35. The number of hydrogen-bond donors (Lipinski definition) is 1. The van der Waals surface area contributed by atoms with E-state index in [1.165, 1.54) is 6.33 Å². The van der Waals surface area contributed by atoms with Gasteiger partial charge in [0.1, 0.15) is 36.6 Å². The molecule has 2 aromatic carbocycles. The number of aromatic nitrogens is 5. The summed E-state index contributed by atoms with van der Waals surface area (Å²) in [6.45, 7) is 6.48. The summed E-state index contributed by atoms with van der Waals surface area (Å²) in [6, 6.07) is 13.8. The minimum Gasteiger partial charge on any atom is -0.488 e. The number of piperazine rings is 1. The first-order chi connectivity index (χ1) is 21.8. The zero-order valence-corrected chi connectivity index (χ0v) is 25.7. The minimum absolute atomic E-state index is 0.0142. The first-order valence-electron chi connectivity index (χ1n) is 15.0. The number of anilines is 3. The highest BCUT2D eigenvalue weighted by Crippen LogP contribution is 2.42. The molecule has 1 saturated heterocycles. The van der Waals surface area contributed by atoms with Crippen LogP contribution in [0.5, 0.6) is 17.2 Å². The van der Waals surface area contributed by atoms with Crippen molar-refractivity contribution in [2.75, 3.05) is 50.6 Å². The molecule has 0 radical (unpaired) electrons. The molecule has 2 aliphatic heterocycles. The lowest BCUT2D eigenvalue weighted by molar-refractivity contribution is -0.129. The van der Waals surface area contributed by atoms with Crippen molar-refractivity contribution in [3.8, 4) is 17.2 Å². The van der Waals surface area contributed by atoms with Crippen LogP contribution in [0.2, 0.25) is 0 Å². The lowest BCUT2D eigenvalue weighted by atomic mass is 10.1. The topological polar surface area (TPSA) is 113 Å². The number of pyridine rings is 1. The van der Waals surface area contributed by atoms with Gasteiger partial charge in [-0.25, -0.2) is 19.5 Å². The molecule has 1 N–H and O–H groups in total. The molecular weight excluding hydrogens is 570 g/mol. The molecule has 45 heavy (non-hydrogen) atoms. The number of nitrogens with one attached hydrogen (secondary N) is 1. The second-order valence-corrected chi connectivity index (χ2v) is 11.7. The van der Waals surface area contributed by atoms with Gasteiger partial charge in [-0.15, -0.1) is 0 Å². The summed E-state index contributed by atoms with van der Waals surface area (Å²) in [6.07, 6.45) is 8.52. The molecule has 12 heteroatoms. The molecule has 3 aromatic heterocycles. The van der Waals surface area contributed by atoms with Gasteiger partial charge in [0.25, 0.3) is 0 Å². The maximum absolute atomic E-state index is 13.2. The van der Waals surface area contributed by atoms with Crippen LogP contribution >= 0.6 is 0 Å². The molecule has 5 aromatic rings. The smallest absolute Gasteiger partial charge is 0.246 e. The number of amides is 1. The molecule has 5 heterocycles. The van der Waals surface area contributed by atoms with Crippen LogP contribution in [0.3, 0.4) is 0 Å². The molecule has 0 aliphatic carbocycles.